The minimum atomic E-state index is 0.0566. The molecule has 1 amide bonds. The van der Waals surface area contributed by atoms with E-state index in [2.05, 4.69) is 10.3 Å². The van der Waals surface area contributed by atoms with Crippen LogP contribution >= 0.6 is 0 Å². The van der Waals surface area contributed by atoms with Gasteiger partial charge in [0.2, 0.25) is 5.91 Å². The summed E-state index contributed by atoms with van der Waals surface area (Å²) in [7, 11) is 1.74. The van der Waals surface area contributed by atoms with E-state index in [0.29, 0.717) is 13.0 Å². The highest BCUT2D eigenvalue weighted by Crippen LogP contribution is 2.37. The van der Waals surface area contributed by atoms with Crippen LogP contribution in [0.4, 0.5) is 0 Å². The molecule has 0 atom stereocenters. The van der Waals surface area contributed by atoms with Gasteiger partial charge in [-0.1, -0.05) is 18.9 Å². The van der Waals surface area contributed by atoms with Gasteiger partial charge in [0.25, 0.3) is 0 Å². The van der Waals surface area contributed by atoms with Crippen LogP contribution in [0.2, 0.25) is 0 Å². The number of imidazole rings is 1. The molecule has 2 heterocycles. The largest absolute Gasteiger partial charge is 0.384 e. The molecule has 5 nitrogen and oxygen atoms in total. The van der Waals surface area contributed by atoms with Crippen LogP contribution in [0.5, 0.6) is 0 Å². The van der Waals surface area contributed by atoms with Crippen molar-refractivity contribution in [1.29, 1.82) is 0 Å². The fourth-order valence-electron chi connectivity index (χ4n) is 3.68. The summed E-state index contributed by atoms with van der Waals surface area (Å²) in [6, 6.07) is 5.88. The Morgan fingerprint density at radius 2 is 2.17 bits per heavy atom. The molecule has 1 aliphatic rings. The second kappa shape index (κ2) is 6.71. The second-order valence-electron chi connectivity index (χ2n) is 6.67. The summed E-state index contributed by atoms with van der Waals surface area (Å²) in [5, 5.41) is 3.12. The van der Waals surface area contributed by atoms with E-state index in [1.54, 1.807) is 7.11 Å². The monoisotopic (exact) mass is 315 g/mol. The number of amides is 1. The van der Waals surface area contributed by atoms with Crippen LogP contribution in [0.3, 0.4) is 0 Å². The molecule has 2 aromatic heterocycles. The molecule has 1 saturated carbocycles. The lowest BCUT2D eigenvalue weighted by atomic mass is 9.87. The highest BCUT2D eigenvalue weighted by atomic mass is 16.5. The molecular formula is C18H25N3O2. The molecule has 2 aromatic rings. The minimum absolute atomic E-state index is 0.0566. The van der Waals surface area contributed by atoms with Crippen molar-refractivity contribution < 1.29 is 9.53 Å². The number of rotatable bonds is 6. The van der Waals surface area contributed by atoms with Gasteiger partial charge in [0.1, 0.15) is 5.65 Å². The van der Waals surface area contributed by atoms with Gasteiger partial charge in [-0.25, -0.2) is 4.98 Å². The van der Waals surface area contributed by atoms with Gasteiger partial charge >= 0.3 is 0 Å². The maximum atomic E-state index is 12.4. The van der Waals surface area contributed by atoms with E-state index in [1.807, 2.05) is 35.7 Å². The predicted octanol–water partition coefficient (Wildman–Crippen LogP) is 2.51. The van der Waals surface area contributed by atoms with Crippen molar-refractivity contribution in [1.82, 2.24) is 14.7 Å². The van der Waals surface area contributed by atoms with Crippen molar-refractivity contribution >= 4 is 11.6 Å². The molecule has 0 aromatic carbocycles. The third-order valence-electron chi connectivity index (χ3n) is 4.93. The SMILES string of the molecule is COCC1(CNC(=O)Cc2c(C)nc3ccccn23)CCCC1. The predicted molar refractivity (Wildman–Crippen MR) is 89.4 cm³/mol. The molecule has 3 rings (SSSR count). The third-order valence-corrected chi connectivity index (χ3v) is 4.93. The molecule has 0 bridgehead atoms. The lowest BCUT2D eigenvalue weighted by molar-refractivity contribution is -0.121. The topological polar surface area (TPSA) is 55.6 Å². The fourth-order valence-corrected chi connectivity index (χ4v) is 3.68. The van der Waals surface area contributed by atoms with Gasteiger partial charge in [0.05, 0.1) is 24.4 Å². The number of aryl methyl sites for hydroxylation is 1. The molecule has 5 heteroatoms. The summed E-state index contributed by atoms with van der Waals surface area (Å²) in [6.45, 7) is 3.39. The Bertz CT molecular complexity index is 687. The van der Waals surface area contributed by atoms with Crippen molar-refractivity contribution in [2.75, 3.05) is 20.3 Å². The average Bonchev–Trinajstić information content (AvgIpc) is 3.12. The molecule has 124 valence electrons. The number of nitrogens with one attached hydrogen (secondary N) is 1. The molecule has 0 unspecified atom stereocenters. The Labute approximate surface area is 137 Å². The lowest BCUT2D eigenvalue weighted by Gasteiger charge is -2.28. The molecule has 23 heavy (non-hydrogen) atoms. The van der Waals surface area contributed by atoms with Gasteiger partial charge < -0.3 is 14.5 Å². The molecule has 1 N–H and O–H groups in total. The van der Waals surface area contributed by atoms with E-state index < -0.39 is 0 Å². The van der Waals surface area contributed by atoms with Crippen molar-refractivity contribution in [3.05, 3.63) is 35.8 Å². The second-order valence-corrected chi connectivity index (χ2v) is 6.67. The number of carbonyl (C=O) groups excluding carboxylic acids is 1. The van der Waals surface area contributed by atoms with Gasteiger partial charge in [0.15, 0.2) is 0 Å². The maximum absolute atomic E-state index is 12.4. The summed E-state index contributed by atoms with van der Waals surface area (Å²) >= 11 is 0. The number of nitrogens with zero attached hydrogens (tertiary/aromatic N) is 2. The molecule has 0 saturated heterocycles. The minimum Gasteiger partial charge on any atom is -0.384 e. The summed E-state index contributed by atoms with van der Waals surface area (Å²) in [6.07, 6.45) is 7.05. The van der Waals surface area contributed by atoms with Gasteiger partial charge in [-0.05, 0) is 31.9 Å². The molecular weight excluding hydrogens is 290 g/mol. The number of ether oxygens (including phenoxy) is 1. The number of carbonyl (C=O) groups is 1. The molecule has 0 aliphatic heterocycles. The highest BCUT2D eigenvalue weighted by Gasteiger charge is 2.34. The first-order chi connectivity index (χ1) is 11.1. The number of hydrogen-bond acceptors (Lipinski definition) is 3. The smallest absolute Gasteiger partial charge is 0.226 e. The molecule has 0 spiro atoms. The fraction of sp³-hybridized carbons (Fsp3) is 0.556. The Hall–Kier alpha value is -1.88. The molecule has 1 fully saturated rings. The van der Waals surface area contributed by atoms with Crippen LogP contribution in [0.1, 0.15) is 37.1 Å². The summed E-state index contributed by atoms with van der Waals surface area (Å²) in [4.78, 5) is 16.9. The van der Waals surface area contributed by atoms with E-state index in [9.17, 15) is 4.79 Å². The number of methoxy groups -OCH3 is 1. The van der Waals surface area contributed by atoms with Crippen LogP contribution in [0.15, 0.2) is 24.4 Å². The van der Waals surface area contributed by atoms with Crippen LogP contribution in [0, 0.1) is 12.3 Å². The average molecular weight is 315 g/mol. The maximum Gasteiger partial charge on any atom is 0.226 e. The quantitative estimate of drug-likeness (QED) is 0.891. The molecule has 1 aliphatic carbocycles. The van der Waals surface area contributed by atoms with E-state index in [-0.39, 0.29) is 11.3 Å². The van der Waals surface area contributed by atoms with E-state index in [4.69, 9.17) is 4.74 Å². The van der Waals surface area contributed by atoms with Crippen molar-refractivity contribution in [2.45, 2.75) is 39.0 Å². The first-order valence-corrected chi connectivity index (χ1v) is 8.32. The van der Waals surface area contributed by atoms with Gasteiger partial charge in [-0.15, -0.1) is 0 Å². The number of fused-ring (bicyclic) bond motifs is 1. The number of hydrogen-bond donors (Lipinski definition) is 1. The van der Waals surface area contributed by atoms with Crippen LogP contribution in [0.25, 0.3) is 5.65 Å². The van der Waals surface area contributed by atoms with Crippen LogP contribution in [-0.4, -0.2) is 35.6 Å². The zero-order chi connectivity index (χ0) is 16.3. The van der Waals surface area contributed by atoms with Gasteiger partial charge in [-0.3, -0.25) is 4.79 Å². The van der Waals surface area contributed by atoms with Crippen molar-refractivity contribution in [3.8, 4) is 0 Å². The van der Waals surface area contributed by atoms with Crippen molar-refractivity contribution in [3.63, 3.8) is 0 Å². The van der Waals surface area contributed by atoms with E-state index in [0.717, 1.165) is 36.5 Å². The Morgan fingerprint density at radius 1 is 1.39 bits per heavy atom. The first-order valence-electron chi connectivity index (χ1n) is 8.32. The van der Waals surface area contributed by atoms with Gasteiger partial charge in [0, 0.05) is 25.3 Å². The van der Waals surface area contributed by atoms with E-state index in [1.165, 1.54) is 12.8 Å². The first kappa shape index (κ1) is 16.0. The number of aromatic nitrogens is 2. The molecule has 0 radical (unpaired) electrons. The number of pyridine rings is 1. The Balaban J connectivity index is 1.66. The van der Waals surface area contributed by atoms with Gasteiger partial charge in [-0.2, -0.15) is 0 Å². The lowest BCUT2D eigenvalue weighted by Crippen LogP contribution is -2.39. The normalized spacial score (nSPS) is 16.8. The Kier molecular flexibility index (Phi) is 4.66. The van der Waals surface area contributed by atoms with Crippen molar-refractivity contribution in [2.24, 2.45) is 5.41 Å². The van der Waals surface area contributed by atoms with E-state index >= 15 is 0 Å². The summed E-state index contributed by atoms with van der Waals surface area (Å²) in [5.41, 5.74) is 2.89. The Morgan fingerprint density at radius 3 is 2.91 bits per heavy atom. The standard InChI is InChI=1S/C18H25N3O2/c1-14-15(21-10-6-3-7-16(21)20-14)11-17(22)19-12-18(13-23-2)8-4-5-9-18/h3,6-7,10H,4-5,8-9,11-13H2,1-2H3,(H,19,22). The summed E-state index contributed by atoms with van der Waals surface area (Å²) < 4.78 is 7.37. The zero-order valence-corrected chi connectivity index (χ0v) is 14.0. The third kappa shape index (κ3) is 3.39. The summed E-state index contributed by atoms with van der Waals surface area (Å²) in [5.74, 6) is 0.0566. The zero-order valence-electron chi connectivity index (χ0n) is 14.0. The highest BCUT2D eigenvalue weighted by molar-refractivity contribution is 5.78. The van der Waals surface area contributed by atoms with Crippen LogP contribution < -0.4 is 5.32 Å². The van der Waals surface area contributed by atoms with Crippen LogP contribution in [-0.2, 0) is 16.0 Å².